The number of carbonyl (C=O) groups is 1. The number of carboxylic acid groups (broad SMARTS) is 1. The summed E-state index contributed by atoms with van der Waals surface area (Å²) in [6.07, 6.45) is 0.632. The third-order valence-corrected chi connectivity index (χ3v) is 1.80. The van der Waals surface area contributed by atoms with Gasteiger partial charge in [0.15, 0.2) is 5.82 Å². The van der Waals surface area contributed by atoms with Crippen molar-refractivity contribution < 1.29 is 14.6 Å². The van der Waals surface area contributed by atoms with Crippen molar-refractivity contribution in [2.45, 2.75) is 32.9 Å². The van der Waals surface area contributed by atoms with Crippen LogP contribution in [0.15, 0.2) is 0 Å². The van der Waals surface area contributed by atoms with E-state index < -0.39 is 5.97 Å². The Kier molecular flexibility index (Phi) is 4.69. The molecule has 0 amide bonds. The van der Waals surface area contributed by atoms with Gasteiger partial charge in [0.1, 0.15) is 6.61 Å². The van der Waals surface area contributed by atoms with Crippen molar-refractivity contribution in [1.29, 1.82) is 0 Å². The number of tetrazole rings is 1. The first-order chi connectivity index (χ1) is 7.24. The summed E-state index contributed by atoms with van der Waals surface area (Å²) in [6.45, 7) is 3.35. The minimum Gasteiger partial charge on any atom is -0.481 e. The maximum atomic E-state index is 10.3. The van der Waals surface area contributed by atoms with E-state index in [1.54, 1.807) is 4.68 Å². The summed E-state index contributed by atoms with van der Waals surface area (Å²) in [5.74, 6) is -0.184. The molecule has 0 spiro atoms. The Balaban J connectivity index is 2.39. The molecular formula is C8H14N4O3. The molecular weight excluding hydrogens is 200 g/mol. The Morgan fingerprint density at radius 1 is 1.60 bits per heavy atom. The van der Waals surface area contributed by atoms with E-state index in [0.29, 0.717) is 32.0 Å². The van der Waals surface area contributed by atoms with Crippen LogP contribution < -0.4 is 0 Å². The van der Waals surface area contributed by atoms with Crippen LogP contribution >= 0.6 is 0 Å². The zero-order chi connectivity index (χ0) is 11.1. The summed E-state index contributed by atoms with van der Waals surface area (Å²) in [6, 6.07) is 0. The minimum atomic E-state index is -0.811. The molecule has 0 aliphatic rings. The van der Waals surface area contributed by atoms with Crippen LogP contribution in [0, 0.1) is 0 Å². The maximum Gasteiger partial charge on any atom is 0.303 e. The van der Waals surface area contributed by atoms with Crippen LogP contribution in [0.2, 0.25) is 0 Å². The molecule has 15 heavy (non-hydrogen) atoms. The highest BCUT2D eigenvalue weighted by Gasteiger charge is 2.06. The van der Waals surface area contributed by atoms with Crippen LogP contribution in [0.25, 0.3) is 0 Å². The standard InChI is InChI=1S/C8H14N4O3/c1-2-15-6-7-9-10-11-12(7)5-3-4-8(13)14/h2-6H2,1H3,(H,13,14). The number of ether oxygens (including phenoxy) is 1. The van der Waals surface area contributed by atoms with Crippen molar-refractivity contribution in [3.8, 4) is 0 Å². The average Bonchev–Trinajstić information content (AvgIpc) is 2.62. The third kappa shape index (κ3) is 4.03. The number of hydrogen-bond donors (Lipinski definition) is 1. The summed E-state index contributed by atoms with van der Waals surface area (Å²) in [4.78, 5) is 10.3. The van der Waals surface area contributed by atoms with Gasteiger partial charge in [-0.2, -0.15) is 0 Å². The van der Waals surface area contributed by atoms with Crippen molar-refractivity contribution in [2.24, 2.45) is 0 Å². The predicted octanol–water partition coefficient (Wildman–Crippen LogP) is 0.0744. The van der Waals surface area contributed by atoms with Crippen molar-refractivity contribution in [3.63, 3.8) is 0 Å². The molecule has 0 bridgehead atoms. The lowest BCUT2D eigenvalue weighted by molar-refractivity contribution is -0.137. The Labute approximate surface area is 87.0 Å². The van der Waals surface area contributed by atoms with Crippen LogP contribution in [0.4, 0.5) is 0 Å². The zero-order valence-corrected chi connectivity index (χ0v) is 8.59. The van der Waals surface area contributed by atoms with Crippen LogP contribution in [-0.2, 0) is 22.7 Å². The Bertz CT molecular complexity index is 313. The molecule has 0 saturated heterocycles. The first kappa shape index (κ1) is 11.6. The molecule has 1 aromatic heterocycles. The van der Waals surface area contributed by atoms with Crippen LogP contribution in [0.5, 0.6) is 0 Å². The van der Waals surface area contributed by atoms with Gasteiger partial charge in [-0.3, -0.25) is 4.79 Å². The van der Waals surface area contributed by atoms with Gasteiger partial charge in [-0.25, -0.2) is 4.68 Å². The van der Waals surface area contributed by atoms with Crippen LogP contribution in [0.3, 0.4) is 0 Å². The van der Waals surface area contributed by atoms with E-state index in [0.717, 1.165) is 0 Å². The van der Waals surface area contributed by atoms with E-state index in [1.165, 1.54) is 0 Å². The van der Waals surface area contributed by atoms with Crippen molar-refractivity contribution in [2.75, 3.05) is 6.61 Å². The van der Waals surface area contributed by atoms with Gasteiger partial charge in [-0.1, -0.05) is 0 Å². The first-order valence-corrected chi connectivity index (χ1v) is 4.78. The highest BCUT2D eigenvalue weighted by molar-refractivity contribution is 5.66. The summed E-state index contributed by atoms with van der Waals surface area (Å²) in [7, 11) is 0. The average molecular weight is 214 g/mol. The molecule has 1 rings (SSSR count). The Hall–Kier alpha value is -1.50. The number of carboxylic acids is 1. The van der Waals surface area contributed by atoms with Crippen LogP contribution in [-0.4, -0.2) is 37.9 Å². The fourth-order valence-corrected chi connectivity index (χ4v) is 1.07. The second kappa shape index (κ2) is 6.07. The number of nitrogens with zero attached hydrogens (tertiary/aromatic N) is 4. The molecule has 0 aromatic carbocycles. The largest absolute Gasteiger partial charge is 0.481 e. The highest BCUT2D eigenvalue weighted by atomic mass is 16.5. The van der Waals surface area contributed by atoms with E-state index in [2.05, 4.69) is 15.5 Å². The number of aromatic nitrogens is 4. The predicted molar refractivity (Wildman–Crippen MR) is 50.0 cm³/mol. The molecule has 1 heterocycles. The first-order valence-electron chi connectivity index (χ1n) is 4.78. The van der Waals surface area contributed by atoms with Gasteiger partial charge in [0, 0.05) is 19.6 Å². The molecule has 0 fully saturated rings. The van der Waals surface area contributed by atoms with Crippen molar-refractivity contribution >= 4 is 5.97 Å². The smallest absolute Gasteiger partial charge is 0.303 e. The lowest BCUT2D eigenvalue weighted by atomic mass is 10.3. The lowest BCUT2D eigenvalue weighted by Gasteiger charge is -2.02. The molecule has 0 atom stereocenters. The van der Waals surface area contributed by atoms with E-state index in [9.17, 15) is 4.79 Å². The third-order valence-electron chi connectivity index (χ3n) is 1.80. The molecule has 7 nitrogen and oxygen atoms in total. The van der Waals surface area contributed by atoms with Gasteiger partial charge in [-0.05, 0) is 23.8 Å². The lowest BCUT2D eigenvalue weighted by Crippen LogP contribution is -2.09. The van der Waals surface area contributed by atoms with Gasteiger partial charge in [0.2, 0.25) is 0 Å². The Morgan fingerprint density at radius 3 is 3.07 bits per heavy atom. The molecule has 1 N–H and O–H groups in total. The van der Waals surface area contributed by atoms with Crippen molar-refractivity contribution in [3.05, 3.63) is 5.82 Å². The fourth-order valence-electron chi connectivity index (χ4n) is 1.07. The van der Waals surface area contributed by atoms with Crippen molar-refractivity contribution in [1.82, 2.24) is 20.2 Å². The van der Waals surface area contributed by atoms with Gasteiger partial charge >= 0.3 is 5.97 Å². The second-order valence-corrected chi connectivity index (χ2v) is 2.95. The molecule has 7 heteroatoms. The molecule has 0 aliphatic carbocycles. The van der Waals surface area contributed by atoms with Gasteiger partial charge in [-0.15, -0.1) is 5.10 Å². The van der Waals surface area contributed by atoms with E-state index in [-0.39, 0.29) is 6.42 Å². The summed E-state index contributed by atoms with van der Waals surface area (Å²) in [5, 5.41) is 19.5. The number of aliphatic carboxylic acids is 1. The second-order valence-electron chi connectivity index (χ2n) is 2.95. The SMILES string of the molecule is CCOCc1nnnn1CCCC(=O)O. The summed E-state index contributed by atoms with van der Waals surface area (Å²) in [5.41, 5.74) is 0. The highest BCUT2D eigenvalue weighted by Crippen LogP contribution is 1.99. The maximum absolute atomic E-state index is 10.3. The zero-order valence-electron chi connectivity index (χ0n) is 8.59. The van der Waals surface area contributed by atoms with Gasteiger partial charge in [0.05, 0.1) is 0 Å². The molecule has 0 radical (unpaired) electrons. The number of aryl methyl sites for hydroxylation is 1. The number of hydrogen-bond acceptors (Lipinski definition) is 5. The van der Waals surface area contributed by atoms with E-state index in [1.807, 2.05) is 6.92 Å². The van der Waals surface area contributed by atoms with Crippen LogP contribution in [0.1, 0.15) is 25.6 Å². The summed E-state index contributed by atoms with van der Waals surface area (Å²) < 4.78 is 6.73. The quantitative estimate of drug-likeness (QED) is 0.691. The molecule has 1 aromatic rings. The molecule has 84 valence electrons. The van der Waals surface area contributed by atoms with Gasteiger partial charge in [0.25, 0.3) is 0 Å². The normalized spacial score (nSPS) is 10.5. The van der Waals surface area contributed by atoms with E-state index >= 15 is 0 Å². The Morgan fingerprint density at radius 2 is 2.40 bits per heavy atom. The van der Waals surface area contributed by atoms with E-state index in [4.69, 9.17) is 9.84 Å². The molecule has 0 unspecified atom stereocenters. The van der Waals surface area contributed by atoms with Gasteiger partial charge < -0.3 is 9.84 Å². The minimum absolute atomic E-state index is 0.119. The monoisotopic (exact) mass is 214 g/mol. The molecule has 0 aliphatic heterocycles. The summed E-state index contributed by atoms with van der Waals surface area (Å²) >= 11 is 0. The fraction of sp³-hybridized carbons (Fsp3) is 0.750. The number of rotatable bonds is 7. The molecule has 0 saturated carbocycles. The topological polar surface area (TPSA) is 90.1 Å².